The van der Waals surface area contributed by atoms with Crippen molar-refractivity contribution in [2.45, 2.75) is 46.1 Å². The maximum Gasteiger partial charge on any atom is 0.338 e. The molecule has 1 aliphatic rings. The highest BCUT2D eigenvalue weighted by Gasteiger charge is 2.24. The molecule has 1 N–H and O–H groups in total. The van der Waals surface area contributed by atoms with E-state index in [0.29, 0.717) is 27.5 Å². The second-order valence-electron chi connectivity index (χ2n) is 7.49. The van der Waals surface area contributed by atoms with Crippen molar-refractivity contribution in [2.75, 3.05) is 0 Å². The minimum absolute atomic E-state index is 0.124. The van der Waals surface area contributed by atoms with Crippen LogP contribution in [0.3, 0.4) is 0 Å². The van der Waals surface area contributed by atoms with Gasteiger partial charge in [0.2, 0.25) is 0 Å². The molecular formula is C21H21FN2O3S. The summed E-state index contributed by atoms with van der Waals surface area (Å²) >= 11 is 1.55. The molecule has 1 aromatic carbocycles. The molecule has 2 aromatic heterocycles. The molecule has 2 atom stereocenters. The lowest BCUT2D eigenvalue weighted by Crippen LogP contribution is -2.18. The second-order valence-corrected chi connectivity index (χ2v) is 8.58. The van der Waals surface area contributed by atoms with Crippen molar-refractivity contribution < 1.29 is 13.9 Å². The number of carbonyl (C=O) groups excluding carboxylic acids is 1. The van der Waals surface area contributed by atoms with Crippen LogP contribution >= 0.6 is 11.3 Å². The normalized spacial score (nSPS) is 17.4. The van der Waals surface area contributed by atoms with Gasteiger partial charge in [0, 0.05) is 4.88 Å². The Kier molecular flexibility index (Phi) is 4.79. The standard InChI is InChI=1S/C21H21FN2O3S/c1-10-4-7-14-16(8-10)28-20-17(14)19(25)23-18(24-20)12(3)27-21(26)13-6-5-11(2)15(22)9-13/h5-6,9-10,12H,4,7-8H2,1-3H3,(H,23,24,25)/t10-,12+/m0/s1. The summed E-state index contributed by atoms with van der Waals surface area (Å²) in [5.74, 6) is -0.221. The first-order chi connectivity index (χ1) is 13.3. The molecule has 0 aliphatic heterocycles. The molecule has 5 nitrogen and oxygen atoms in total. The SMILES string of the molecule is Cc1ccc(C(=O)O[C@H](C)c2nc3sc4c(c3c(=O)[nH]2)CC[C@H](C)C4)cc1F. The summed E-state index contributed by atoms with van der Waals surface area (Å²) in [5.41, 5.74) is 1.49. The van der Waals surface area contributed by atoms with Gasteiger partial charge in [0.05, 0.1) is 10.9 Å². The largest absolute Gasteiger partial charge is 0.451 e. The number of halogens is 1. The summed E-state index contributed by atoms with van der Waals surface area (Å²) in [5, 5.41) is 0.662. The number of hydrogen-bond acceptors (Lipinski definition) is 5. The Hall–Kier alpha value is -2.54. The number of aromatic amines is 1. The van der Waals surface area contributed by atoms with Gasteiger partial charge in [-0.3, -0.25) is 4.79 Å². The van der Waals surface area contributed by atoms with Gasteiger partial charge in [-0.15, -0.1) is 11.3 Å². The van der Waals surface area contributed by atoms with E-state index in [4.69, 9.17) is 4.74 Å². The van der Waals surface area contributed by atoms with Crippen LogP contribution in [0.15, 0.2) is 23.0 Å². The van der Waals surface area contributed by atoms with Gasteiger partial charge >= 0.3 is 5.97 Å². The summed E-state index contributed by atoms with van der Waals surface area (Å²) in [6.07, 6.45) is 2.17. The minimum Gasteiger partial charge on any atom is -0.451 e. The predicted octanol–water partition coefficient (Wildman–Crippen LogP) is 4.47. The number of rotatable bonds is 3. The highest BCUT2D eigenvalue weighted by molar-refractivity contribution is 7.18. The molecule has 0 saturated heterocycles. The van der Waals surface area contributed by atoms with Crippen molar-refractivity contribution in [3.8, 4) is 0 Å². The number of carbonyl (C=O) groups is 1. The first kappa shape index (κ1) is 18.8. The van der Waals surface area contributed by atoms with Crippen LogP contribution in [0.2, 0.25) is 0 Å². The number of nitrogens with one attached hydrogen (secondary N) is 1. The smallest absolute Gasteiger partial charge is 0.338 e. The van der Waals surface area contributed by atoms with Gasteiger partial charge in [-0.25, -0.2) is 14.2 Å². The van der Waals surface area contributed by atoms with Gasteiger partial charge in [-0.1, -0.05) is 13.0 Å². The molecule has 0 amide bonds. The Morgan fingerprint density at radius 1 is 1.43 bits per heavy atom. The molecule has 0 spiro atoms. The van der Waals surface area contributed by atoms with Crippen molar-refractivity contribution in [2.24, 2.45) is 5.92 Å². The average Bonchev–Trinajstić information content (AvgIpc) is 3.01. The zero-order valence-electron chi connectivity index (χ0n) is 16.0. The van der Waals surface area contributed by atoms with Crippen LogP contribution in [0.25, 0.3) is 10.2 Å². The summed E-state index contributed by atoms with van der Waals surface area (Å²) in [6.45, 7) is 5.48. The molecule has 0 radical (unpaired) electrons. The zero-order valence-corrected chi connectivity index (χ0v) is 16.8. The highest BCUT2D eigenvalue weighted by atomic mass is 32.1. The van der Waals surface area contributed by atoms with E-state index in [-0.39, 0.29) is 11.1 Å². The highest BCUT2D eigenvalue weighted by Crippen LogP contribution is 2.36. The molecule has 1 aliphatic carbocycles. The number of hydrogen-bond donors (Lipinski definition) is 1. The number of fused-ring (bicyclic) bond motifs is 3. The third kappa shape index (κ3) is 3.35. The molecule has 0 saturated carbocycles. The third-order valence-corrected chi connectivity index (χ3v) is 6.41. The summed E-state index contributed by atoms with van der Waals surface area (Å²) in [4.78, 5) is 34.2. The number of H-pyrrole nitrogens is 1. The van der Waals surface area contributed by atoms with Crippen molar-refractivity contribution in [1.29, 1.82) is 0 Å². The average molecular weight is 400 g/mol. The number of nitrogens with zero attached hydrogens (tertiary/aromatic N) is 1. The van der Waals surface area contributed by atoms with E-state index in [1.807, 2.05) is 0 Å². The topological polar surface area (TPSA) is 72.0 Å². The number of esters is 1. The lowest BCUT2D eigenvalue weighted by atomic mass is 9.89. The van der Waals surface area contributed by atoms with E-state index < -0.39 is 17.9 Å². The molecule has 4 rings (SSSR count). The molecule has 0 fully saturated rings. The van der Waals surface area contributed by atoms with Crippen molar-refractivity contribution in [3.63, 3.8) is 0 Å². The summed E-state index contributed by atoms with van der Waals surface area (Å²) in [7, 11) is 0. The van der Waals surface area contributed by atoms with Crippen LogP contribution in [0.5, 0.6) is 0 Å². The first-order valence-electron chi connectivity index (χ1n) is 9.35. The van der Waals surface area contributed by atoms with E-state index in [1.54, 1.807) is 25.2 Å². The lowest BCUT2D eigenvalue weighted by molar-refractivity contribution is 0.0319. The van der Waals surface area contributed by atoms with Crippen LogP contribution < -0.4 is 5.56 Å². The Labute approximate surface area is 165 Å². The molecule has 3 aromatic rings. The number of aromatic nitrogens is 2. The molecular weight excluding hydrogens is 379 g/mol. The number of thiophene rings is 1. The lowest BCUT2D eigenvalue weighted by Gasteiger charge is -2.17. The maximum absolute atomic E-state index is 13.7. The fourth-order valence-electron chi connectivity index (χ4n) is 3.56. The Bertz CT molecular complexity index is 1130. The fraction of sp³-hybridized carbons (Fsp3) is 0.381. The number of ether oxygens (including phenoxy) is 1. The van der Waals surface area contributed by atoms with E-state index >= 15 is 0 Å². The van der Waals surface area contributed by atoms with Gasteiger partial charge in [0.1, 0.15) is 10.6 Å². The molecule has 28 heavy (non-hydrogen) atoms. The third-order valence-electron chi connectivity index (χ3n) is 5.26. The van der Waals surface area contributed by atoms with Gasteiger partial charge in [0.15, 0.2) is 11.9 Å². The fourth-order valence-corrected chi connectivity index (χ4v) is 4.95. The van der Waals surface area contributed by atoms with E-state index in [0.717, 1.165) is 30.9 Å². The van der Waals surface area contributed by atoms with Crippen LogP contribution in [0.1, 0.15) is 58.6 Å². The van der Waals surface area contributed by atoms with Gasteiger partial charge in [-0.2, -0.15) is 0 Å². The predicted molar refractivity (Wildman–Crippen MR) is 106 cm³/mol. The summed E-state index contributed by atoms with van der Waals surface area (Å²) < 4.78 is 19.1. The van der Waals surface area contributed by atoms with Crippen molar-refractivity contribution in [1.82, 2.24) is 9.97 Å². The van der Waals surface area contributed by atoms with E-state index in [9.17, 15) is 14.0 Å². The molecule has 7 heteroatoms. The van der Waals surface area contributed by atoms with Gasteiger partial charge in [0.25, 0.3) is 5.56 Å². The van der Waals surface area contributed by atoms with Crippen molar-refractivity contribution in [3.05, 3.63) is 61.8 Å². The van der Waals surface area contributed by atoms with Crippen LogP contribution in [-0.2, 0) is 17.6 Å². The first-order valence-corrected chi connectivity index (χ1v) is 10.2. The molecule has 0 unspecified atom stereocenters. The maximum atomic E-state index is 13.7. The monoisotopic (exact) mass is 400 g/mol. The van der Waals surface area contributed by atoms with Crippen LogP contribution in [0.4, 0.5) is 4.39 Å². The summed E-state index contributed by atoms with van der Waals surface area (Å²) in [6, 6.07) is 4.19. The van der Waals surface area contributed by atoms with E-state index in [2.05, 4.69) is 16.9 Å². The van der Waals surface area contributed by atoms with E-state index in [1.165, 1.54) is 17.0 Å². The Balaban J connectivity index is 1.62. The Morgan fingerprint density at radius 3 is 2.96 bits per heavy atom. The molecule has 146 valence electrons. The van der Waals surface area contributed by atoms with Gasteiger partial charge in [-0.05, 0) is 62.3 Å². The number of benzene rings is 1. The quantitative estimate of drug-likeness (QED) is 0.658. The zero-order chi connectivity index (χ0) is 20.0. The van der Waals surface area contributed by atoms with Crippen molar-refractivity contribution >= 4 is 27.5 Å². The minimum atomic E-state index is -0.757. The number of aryl methyl sites for hydroxylation is 2. The van der Waals surface area contributed by atoms with Crippen LogP contribution in [0, 0.1) is 18.7 Å². The molecule has 2 heterocycles. The van der Waals surface area contributed by atoms with Crippen LogP contribution in [-0.4, -0.2) is 15.9 Å². The Morgan fingerprint density at radius 2 is 2.21 bits per heavy atom. The molecule has 0 bridgehead atoms. The van der Waals surface area contributed by atoms with Gasteiger partial charge < -0.3 is 9.72 Å². The second kappa shape index (κ2) is 7.13.